The third kappa shape index (κ3) is 7.22. The quantitative estimate of drug-likeness (QED) is 0.289. The minimum Gasteiger partial charge on any atom is -0.464 e. The highest BCUT2D eigenvalue weighted by Crippen LogP contribution is 2.07. The second-order valence-corrected chi connectivity index (χ2v) is 5.87. The van der Waals surface area contributed by atoms with E-state index in [9.17, 15) is 9.59 Å². The first-order valence-corrected chi connectivity index (χ1v) is 8.34. The molecule has 0 unspecified atom stereocenters. The Morgan fingerprint density at radius 3 is 2.45 bits per heavy atom. The minimum atomic E-state index is -0.328. The maximum atomic E-state index is 11.8. The average Bonchev–Trinajstić information content (AvgIpc) is 2.51. The Balaban J connectivity index is 2.16. The highest BCUT2D eigenvalue weighted by molar-refractivity contribution is 14.1. The van der Waals surface area contributed by atoms with Gasteiger partial charge in [-0.1, -0.05) is 44.2 Å². The minimum absolute atomic E-state index is 0.153. The SMILES string of the molecule is CC(C)[C@H](NI)C(=O)OCCCC(=O)OCc1ccccc1. The zero-order valence-corrected chi connectivity index (χ0v) is 15.0. The number of halogens is 1. The number of ether oxygens (including phenoxy) is 2. The predicted molar refractivity (Wildman–Crippen MR) is 92.2 cm³/mol. The van der Waals surface area contributed by atoms with Gasteiger partial charge in [0, 0.05) is 29.3 Å². The van der Waals surface area contributed by atoms with E-state index in [1.165, 1.54) is 0 Å². The summed E-state index contributed by atoms with van der Waals surface area (Å²) in [5, 5.41) is 0. The molecule has 0 saturated carbocycles. The number of nitrogens with one attached hydrogen (secondary N) is 1. The first-order valence-electron chi connectivity index (χ1n) is 7.27. The molecule has 0 aliphatic carbocycles. The predicted octanol–water partition coefficient (Wildman–Crippen LogP) is 3.02. The standard InChI is InChI=1S/C16H22INO4/c1-12(2)15(18-17)16(20)21-10-6-9-14(19)22-11-13-7-4-3-5-8-13/h3-5,7-8,12,15,18H,6,9-11H2,1-2H3/t15-/m0/s1. The van der Waals surface area contributed by atoms with Gasteiger partial charge in [-0.05, 0) is 17.9 Å². The van der Waals surface area contributed by atoms with Gasteiger partial charge in [-0.2, -0.15) is 0 Å². The van der Waals surface area contributed by atoms with Crippen LogP contribution in [0.15, 0.2) is 30.3 Å². The molecule has 0 fully saturated rings. The molecule has 0 aliphatic heterocycles. The normalized spacial score (nSPS) is 12.0. The molecule has 5 nitrogen and oxygen atoms in total. The smallest absolute Gasteiger partial charge is 0.324 e. The van der Waals surface area contributed by atoms with Crippen molar-refractivity contribution >= 4 is 34.8 Å². The number of hydrogen-bond donors (Lipinski definition) is 1. The van der Waals surface area contributed by atoms with Crippen molar-refractivity contribution in [1.82, 2.24) is 3.53 Å². The van der Waals surface area contributed by atoms with Gasteiger partial charge in [0.1, 0.15) is 12.6 Å². The van der Waals surface area contributed by atoms with Crippen LogP contribution in [-0.2, 0) is 25.7 Å². The zero-order chi connectivity index (χ0) is 16.4. The van der Waals surface area contributed by atoms with E-state index in [-0.39, 0.29) is 43.5 Å². The van der Waals surface area contributed by atoms with E-state index in [1.54, 1.807) is 0 Å². The molecule has 1 aromatic carbocycles. The Hall–Kier alpha value is -1.15. The molecular weight excluding hydrogens is 397 g/mol. The van der Waals surface area contributed by atoms with E-state index in [0.29, 0.717) is 6.42 Å². The molecule has 1 aromatic rings. The monoisotopic (exact) mass is 419 g/mol. The topological polar surface area (TPSA) is 64.6 Å². The van der Waals surface area contributed by atoms with Crippen LogP contribution in [0.5, 0.6) is 0 Å². The molecule has 0 aliphatic rings. The van der Waals surface area contributed by atoms with Crippen molar-refractivity contribution in [2.75, 3.05) is 6.61 Å². The molecule has 22 heavy (non-hydrogen) atoms. The van der Waals surface area contributed by atoms with Crippen molar-refractivity contribution in [3.05, 3.63) is 35.9 Å². The van der Waals surface area contributed by atoms with Gasteiger partial charge in [0.15, 0.2) is 0 Å². The Bertz CT molecular complexity index is 464. The number of carbonyl (C=O) groups excluding carboxylic acids is 2. The summed E-state index contributed by atoms with van der Waals surface area (Å²) in [6.07, 6.45) is 0.704. The molecule has 1 rings (SSSR count). The Labute approximate surface area is 145 Å². The molecule has 0 bridgehead atoms. The molecule has 0 radical (unpaired) electrons. The summed E-state index contributed by atoms with van der Waals surface area (Å²) in [7, 11) is 0. The summed E-state index contributed by atoms with van der Waals surface area (Å²) in [5.74, 6) is -0.422. The first-order chi connectivity index (χ1) is 10.5. The highest BCUT2D eigenvalue weighted by Gasteiger charge is 2.22. The number of carbonyl (C=O) groups is 2. The second-order valence-electron chi connectivity index (χ2n) is 5.25. The molecule has 1 N–H and O–H groups in total. The summed E-state index contributed by atoms with van der Waals surface area (Å²) in [6.45, 7) is 4.38. The van der Waals surface area contributed by atoms with Gasteiger partial charge in [-0.25, -0.2) is 3.53 Å². The number of hydrogen-bond acceptors (Lipinski definition) is 5. The fourth-order valence-electron chi connectivity index (χ4n) is 1.73. The van der Waals surface area contributed by atoms with Gasteiger partial charge in [0.2, 0.25) is 0 Å². The van der Waals surface area contributed by atoms with Crippen LogP contribution in [0.4, 0.5) is 0 Å². The summed E-state index contributed by atoms with van der Waals surface area (Å²) in [4.78, 5) is 23.3. The van der Waals surface area contributed by atoms with Crippen LogP contribution in [0, 0.1) is 5.92 Å². The van der Waals surface area contributed by atoms with Crippen LogP contribution in [0.1, 0.15) is 32.3 Å². The van der Waals surface area contributed by atoms with Crippen LogP contribution in [0.3, 0.4) is 0 Å². The zero-order valence-electron chi connectivity index (χ0n) is 12.9. The maximum absolute atomic E-state index is 11.8. The summed E-state index contributed by atoms with van der Waals surface area (Å²) in [6, 6.07) is 9.18. The molecule has 6 heteroatoms. The lowest BCUT2D eigenvalue weighted by Crippen LogP contribution is -2.37. The Kier molecular flexibility index (Phi) is 9.07. The van der Waals surface area contributed by atoms with Crippen molar-refractivity contribution < 1.29 is 19.1 Å². The second kappa shape index (κ2) is 10.6. The molecule has 0 spiro atoms. The molecule has 0 saturated heterocycles. The lowest BCUT2D eigenvalue weighted by atomic mass is 10.1. The van der Waals surface area contributed by atoms with Crippen molar-refractivity contribution in [1.29, 1.82) is 0 Å². The van der Waals surface area contributed by atoms with E-state index in [2.05, 4.69) is 3.53 Å². The number of benzene rings is 1. The van der Waals surface area contributed by atoms with E-state index in [0.717, 1.165) is 5.56 Å². The molecule has 1 atom stereocenters. The van der Waals surface area contributed by atoms with Gasteiger partial charge in [-0.3, -0.25) is 9.59 Å². The van der Waals surface area contributed by atoms with Gasteiger partial charge in [0.25, 0.3) is 0 Å². The molecule has 0 aromatic heterocycles. The Morgan fingerprint density at radius 1 is 1.18 bits per heavy atom. The summed E-state index contributed by atoms with van der Waals surface area (Å²) in [5.41, 5.74) is 0.954. The molecular formula is C16H22INO4. The van der Waals surface area contributed by atoms with Gasteiger partial charge in [0.05, 0.1) is 6.61 Å². The van der Waals surface area contributed by atoms with Gasteiger partial charge in [-0.15, -0.1) is 0 Å². The van der Waals surface area contributed by atoms with E-state index < -0.39 is 0 Å². The van der Waals surface area contributed by atoms with E-state index >= 15 is 0 Å². The largest absolute Gasteiger partial charge is 0.464 e. The van der Waals surface area contributed by atoms with Crippen LogP contribution in [0.25, 0.3) is 0 Å². The molecule has 0 heterocycles. The number of esters is 2. The maximum Gasteiger partial charge on any atom is 0.324 e. The van der Waals surface area contributed by atoms with Crippen LogP contribution >= 0.6 is 22.9 Å². The van der Waals surface area contributed by atoms with E-state index in [1.807, 2.05) is 67.0 Å². The fourth-order valence-corrected chi connectivity index (χ4v) is 2.71. The summed E-state index contributed by atoms with van der Waals surface area (Å²) >= 11 is 1.94. The first kappa shape index (κ1) is 18.9. The van der Waals surface area contributed by atoms with Crippen molar-refractivity contribution in [2.45, 2.75) is 39.3 Å². The average molecular weight is 419 g/mol. The lowest BCUT2D eigenvalue weighted by molar-refractivity contribution is -0.149. The van der Waals surface area contributed by atoms with Crippen LogP contribution in [-0.4, -0.2) is 24.6 Å². The number of rotatable bonds is 9. The van der Waals surface area contributed by atoms with Crippen LogP contribution in [0.2, 0.25) is 0 Å². The summed E-state index contributed by atoms with van der Waals surface area (Å²) < 4.78 is 13.2. The molecule has 0 amide bonds. The lowest BCUT2D eigenvalue weighted by Gasteiger charge is -2.17. The van der Waals surface area contributed by atoms with Crippen molar-refractivity contribution in [2.24, 2.45) is 5.92 Å². The van der Waals surface area contributed by atoms with Crippen molar-refractivity contribution in [3.8, 4) is 0 Å². The van der Waals surface area contributed by atoms with E-state index in [4.69, 9.17) is 9.47 Å². The van der Waals surface area contributed by atoms with Crippen molar-refractivity contribution in [3.63, 3.8) is 0 Å². The third-order valence-corrected chi connectivity index (χ3v) is 3.72. The van der Waals surface area contributed by atoms with Gasteiger partial charge < -0.3 is 9.47 Å². The van der Waals surface area contributed by atoms with Crippen LogP contribution < -0.4 is 3.53 Å². The molecule has 122 valence electrons. The Morgan fingerprint density at radius 2 is 1.86 bits per heavy atom. The third-order valence-electron chi connectivity index (χ3n) is 3.05. The highest BCUT2D eigenvalue weighted by atomic mass is 127. The fraction of sp³-hybridized carbons (Fsp3) is 0.500. The van der Waals surface area contributed by atoms with Gasteiger partial charge >= 0.3 is 11.9 Å².